The maximum absolute atomic E-state index is 12.1. The topological polar surface area (TPSA) is 66.8 Å². The van der Waals surface area contributed by atoms with Crippen molar-refractivity contribution in [2.75, 3.05) is 0 Å². The normalized spacial score (nSPS) is 17.4. The number of Topliss-reactive ketones (excluding diaryl/α,β-unsaturated/α-hetero) is 1. The molecule has 0 fully saturated rings. The number of ether oxygens (including phenoxy) is 1. The van der Waals surface area contributed by atoms with Gasteiger partial charge in [0.05, 0.1) is 6.42 Å². The number of phenolic OH excluding ortho intramolecular Hbond substituents is 2. The molecule has 1 heterocycles. The molecule has 3 rings (SSSR count). The molecule has 0 bridgehead atoms. The lowest BCUT2D eigenvalue weighted by molar-refractivity contribution is 0.0845. The molecule has 20 heavy (non-hydrogen) atoms. The zero-order valence-corrected chi connectivity index (χ0v) is 11.9. The van der Waals surface area contributed by atoms with Crippen molar-refractivity contribution in [3.05, 3.63) is 52.0 Å². The molecule has 2 aromatic rings. The summed E-state index contributed by atoms with van der Waals surface area (Å²) in [5, 5.41) is 19.2. The Balaban J connectivity index is 2.00. The second kappa shape index (κ2) is 4.83. The van der Waals surface area contributed by atoms with Gasteiger partial charge in [-0.3, -0.25) is 4.79 Å². The molecular weight excluding hydrogens is 324 g/mol. The summed E-state index contributed by atoms with van der Waals surface area (Å²) in [5.41, 5.74) is 1.01. The summed E-state index contributed by atoms with van der Waals surface area (Å²) in [6, 6.07) is 9.97. The first-order chi connectivity index (χ1) is 9.54. The second-order valence-corrected chi connectivity index (χ2v) is 5.54. The summed E-state index contributed by atoms with van der Waals surface area (Å²) >= 11 is 3.35. The van der Waals surface area contributed by atoms with Crippen molar-refractivity contribution in [3.8, 4) is 17.2 Å². The van der Waals surface area contributed by atoms with Crippen LogP contribution in [0.25, 0.3) is 0 Å². The number of carbonyl (C=O) groups excluding carboxylic acids is 1. The lowest BCUT2D eigenvalue weighted by Crippen LogP contribution is -2.20. The molecule has 1 aliphatic heterocycles. The van der Waals surface area contributed by atoms with Gasteiger partial charge in [-0.25, -0.2) is 0 Å². The molecule has 0 unspecified atom stereocenters. The van der Waals surface area contributed by atoms with Gasteiger partial charge in [0, 0.05) is 16.6 Å². The standard InChI is InChI=1S/C15H11BrO4/c16-9-3-1-8(2-4-9)13-7-12(19)15-11(18)5-10(17)6-14(15)20-13/h1-6,13,17-18H,7H2/t13-/m1/s1. The van der Waals surface area contributed by atoms with Crippen LogP contribution in [0.3, 0.4) is 0 Å². The minimum absolute atomic E-state index is 0.134. The summed E-state index contributed by atoms with van der Waals surface area (Å²) in [4.78, 5) is 12.1. The lowest BCUT2D eigenvalue weighted by Gasteiger charge is -2.26. The van der Waals surface area contributed by atoms with Gasteiger partial charge in [0.1, 0.15) is 28.9 Å². The third-order valence-corrected chi connectivity index (χ3v) is 3.76. The van der Waals surface area contributed by atoms with Crippen LogP contribution in [0.15, 0.2) is 40.9 Å². The van der Waals surface area contributed by atoms with E-state index < -0.39 is 6.10 Å². The fourth-order valence-corrected chi connectivity index (χ4v) is 2.55. The van der Waals surface area contributed by atoms with E-state index in [2.05, 4.69) is 15.9 Å². The van der Waals surface area contributed by atoms with Crippen molar-refractivity contribution in [1.29, 1.82) is 0 Å². The van der Waals surface area contributed by atoms with Crippen molar-refractivity contribution in [1.82, 2.24) is 0 Å². The Hall–Kier alpha value is -2.01. The molecule has 2 aromatic carbocycles. The molecule has 0 saturated carbocycles. The van der Waals surface area contributed by atoms with Crippen LogP contribution < -0.4 is 4.74 Å². The van der Waals surface area contributed by atoms with E-state index in [1.807, 2.05) is 24.3 Å². The lowest BCUT2D eigenvalue weighted by atomic mass is 9.95. The molecule has 2 N–H and O–H groups in total. The molecule has 0 saturated heterocycles. The summed E-state index contributed by atoms with van der Waals surface area (Å²) in [5.74, 6) is -0.368. The van der Waals surface area contributed by atoms with Crippen LogP contribution in [-0.4, -0.2) is 16.0 Å². The molecule has 0 aromatic heterocycles. The maximum Gasteiger partial charge on any atom is 0.174 e. The average Bonchev–Trinajstić information content (AvgIpc) is 2.38. The summed E-state index contributed by atoms with van der Waals surface area (Å²) in [7, 11) is 0. The first-order valence-corrected chi connectivity index (χ1v) is 6.85. The predicted octanol–water partition coefficient (Wildman–Crippen LogP) is 3.57. The molecule has 102 valence electrons. The largest absolute Gasteiger partial charge is 0.508 e. The average molecular weight is 335 g/mol. The van der Waals surface area contributed by atoms with E-state index in [4.69, 9.17) is 4.74 Å². The van der Waals surface area contributed by atoms with E-state index in [1.54, 1.807) is 0 Å². The van der Waals surface area contributed by atoms with Gasteiger partial charge in [0.2, 0.25) is 0 Å². The van der Waals surface area contributed by atoms with E-state index in [0.717, 1.165) is 16.1 Å². The van der Waals surface area contributed by atoms with Gasteiger partial charge in [0.25, 0.3) is 0 Å². The highest BCUT2D eigenvalue weighted by atomic mass is 79.9. The first-order valence-electron chi connectivity index (χ1n) is 6.06. The van der Waals surface area contributed by atoms with Crippen molar-refractivity contribution in [3.63, 3.8) is 0 Å². The molecule has 1 aliphatic rings. The number of hydrogen-bond donors (Lipinski definition) is 2. The molecule has 1 atom stereocenters. The van der Waals surface area contributed by atoms with Crippen LogP contribution in [0.2, 0.25) is 0 Å². The summed E-state index contributed by atoms with van der Waals surface area (Å²) in [6.07, 6.45) is -0.253. The van der Waals surface area contributed by atoms with Gasteiger partial charge in [-0.15, -0.1) is 0 Å². The maximum atomic E-state index is 12.1. The highest BCUT2D eigenvalue weighted by Crippen LogP contribution is 2.41. The van der Waals surface area contributed by atoms with Crippen LogP contribution in [0.5, 0.6) is 17.2 Å². The first kappa shape index (κ1) is 13.0. The fourth-order valence-electron chi connectivity index (χ4n) is 2.29. The zero-order chi connectivity index (χ0) is 14.3. The number of benzene rings is 2. The smallest absolute Gasteiger partial charge is 0.174 e. The number of carbonyl (C=O) groups is 1. The van der Waals surface area contributed by atoms with Crippen molar-refractivity contribution >= 4 is 21.7 Å². The summed E-state index contributed by atoms with van der Waals surface area (Å²) in [6.45, 7) is 0. The van der Waals surface area contributed by atoms with Gasteiger partial charge in [0.15, 0.2) is 5.78 Å². The van der Waals surface area contributed by atoms with Gasteiger partial charge >= 0.3 is 0 Å². The van der Waals surface area contributed by atoms with Gasteiger partial charge < -0.3 is 14.9 Å². The van der Waals surface area contributed by atoms with E-state index in [0.29, 0.717) is 0 Å². The number of ketones is 1. The van der Waals surface area contributed by atoms with Gasteiger partial charge in [-0.05, 0) is 17.7 Å². The van der Waals surface area contributed by atoms with Gasteiger partial charge in [-0.2, -0.15) is 0 Å². The molecule has 5 heteroatoms. The van der Waals surface area contributed by atoms with Crippen molar-refractivity contribution in [2.45, 2.75) is 12.5 Å². The van der Waals surface area contributed by atoms with Crippen molar-refractivity contribution in [2.24, 2.45) is 0 Å². The molecule has 0 radical (unpaired) electrons. The molecule has 4 nitrogen and oxygen atoms in total. The van der Waals surface area contributed by atoms with Crippen LogP contribution in [-0.2, 0) is 0 Å². The van der Waals surface area contributed by atoms with E-state index >= 15 is 0 Å². The predicted molar refractivity (Wildman–Crippen MR) is 76.2 cm³/mol. The second-order valence-electron chi connectivity index (χ2n) is 4.62. The minimum Gasteiger partial charge on any atom is -0.508 e. The number of phenols is 2. The molecule has 0 amide bonds. The number of rotatable bonds is 1. The Bertz CT molecular complexity index is 679. The number of hydrogen-bond acceptors (Lipinski definition) is 4. The minimum atomic E-state index is -0.413. The molecular formula is C15H11BrO4. The molecule has 0 spiro atoms. The Kier molecular flexibility index (Phi) is 3.14. The van der Waals surface area contributed by atoms with E-state index in [-0.39, 0.29) is 35.0 Å². The number of fused-ring (bicyclic) bond motifs is 1. The third kappa shape index (κ3) is 2.25. The highest BCUT2D eigenvalue weighted by molar-refractivity contribution is 9.10. The Morgan fingerprint density at radius 2 is 1.85 bits per heavy atom. The molecule has 0 aliphatic carbocycles. The Morgan fingerprint density at radius 3 is 2.55 bits per heavy atom. The Morgan fingerprint density at radius 1 is 1.15 bits per heavy atom. The van der Waals surface area contributed by atoms with Crippen LogP contribution in [0.4, 0.5) is 0 Å². The third-order valence-electron chi connectivity index (χ3n) is 3.23. The highest BCUT2D eigenvalue weighted by Gasteiger charge is 2.30. The van der Waals surface area contributed by atoms with Crippen LogP contribution in [0, 0.1) is 0 Å². The number of halogens is 1. The SMILES string of the molecule is O=C1C[C@H](c2ccc(Br)cc2)Oc2cc(O)cc(O)c21. The van der Waals surface area contributed by atoms with Crippen molar-refractivity contribution < 1.29 is 19.7 Å². The van der Waals surface area contributed by atoms with E-state index in [9.17, 15) is 15.0 Å². The summed E-state index contributed by atoms with van der Waals surface area (Å²) < 4.78 is 6.68. The van der Waals surface area contributed by atoms with Crippen LogP contribution >= 0.6 is 15.9 Å². The zero-order valence-electron chi connectivity index (χ0n) is 10.3. The monoisotopic (exact) mass is 334 g/mol. The fraction of sp³-hybridized carbons (Fsp3) is 0.133. The quantitative estimate of drug-likeness (QED) is 0.836. The Labute approximate surface area is 123 Å². The van der Waals surface area contributed by atoms with Crippen LogP contribution in [0.1, 0.15) is 28.4 Å². The number of aromatic hydroxyl groups is 2. The van der Waals surface area contributed by atoms with E-state index in [1.165, 1.54) is 6.07 Å². The van der Waals surface area contributed by atoms with Gasteiger partial charge in [-0.1, -0.05) is 28.1 Å².